The molecule has 31 heavy (non-hydrogen) atoms. The van der Waals surface area contributed by atoms with Crippen molar-refractivity contribution >= 4 is 29.9 Å². The van der Waals surface area contributed by atoms with E-state index < -0.39 is 36.0 Å². The van der Waals surface area contributed by atoms with E-state index in [1.165, 1.54) is 5.94 Å². The summed E-state index contributed by atoms with van der Waals surface area (Å²) < 4.78 is 5.12. The van der Waals surface area contributed by atoms with Crippen LogP contribution in [0.25, 0.3) is 0 Å². The summed E-state index contributed by atoms with van der Waals surface area (Å²) in [7, 11) is 0. The van der Waals surface area contributed by atoms with E-state index in [2.05, 4.69) is 10.6 Å². The van der Waals surface area contributed by atoms with Gasteiger partial charge in [-0.1, -0.05) is 30.3 Å². The van der Waals surface area contributed by atoms with Crippen LogP contribution in [0, 0.1) is 5.41 Å². The zero-order valence-electron chi connectivity index (χ0n) is 16.8. The number of nitrogens with one attached hydrogen (secondary N) is 3. The molecule has 1 heterocycles. The van der Waals surface area contributed by atoms with Crippen molar-refractivity contribution < 1.29 is 29.0 Å². The second-order valence-corrected chi connectivity index (χ2v) is 6.88. The molecule has 0 aliphatic carbocycles. The van der Waals surface area contributed by atoms with E-state index in [-0.39, 0.29) is 25.1 Å². The number of aliphatic carboxylic acids is 1. The van der Waals surface area contributed by atoms with E-state index in [0.29, 0.717) is 13.0 Å². The van der Waals surface area contributed by atoms with E-state index in [1.807, 2.05) is 0 Å². The lowest BCUT2D eigenvalue weighted by Gasteiger charge is -2.22. The molecule has 0 saturated carbocycles. The standard InChI is InChI=1S/C20H25N5O6/c21-19(22)25(20(30)31-12-13-5-2-1-3-6-13)10-8-14(11-26)16(18(28)29)24-17(27)15-7-4-9-23-15/h1-3,5-6,15-16,23H,4,7-10,12H2,(H3,21,22)(H,24,27)(H,28,29)/t15-,16-/m0/s1. The third kappa shape index (κ3) is 6.95. The number of nitrogens with two attached hydrogens (primary N) is 1. The number of guanidine groups is 1. The minimum Gasteiger partial charge on any atom is -0.479 e. The van der Waals surface area contributed by atoms with Gasteiger partial charge in [-0.05, 0) is 24.9 Å². The lowest BCUT2D eigenvalue weighted by molar-refractivity contribution is -0.140. The topological polar surface area (TPSA) is 175 Å². The molecule has 0 aromatic heterocycles. The molecule has 11 heteroatoms. The van der Waals surface area contributed by atoms with Crippen LogP contribution in [0.4, 0.5) is 4.79 Å². The van der Waals surface area contributed by atoms with Crippen LogP contribution in [0.1, 0.15) is 24.8 Å². The average molecular weight is 431 g/mol. The Morgan fingerprint density at radius 3 is 2.61 bits per heavy atom. The normalized spacial score (nSPS) is 15.9. The molecular weight excluding hydrogens is 406 g/mol. The summed E-state index contributed by atoms with van der Waals surface area (Å²) in [5, 5.41) is 22.3. The maximum atomic E-state index is 12.3. The van der Waals surface area contributed by atoms with Gasteiger partial charge in [0.1, 0.15) is 12.5 Å². The van der Waals surface area contributed by atoms with Gasteiger partial charge >= 0.3 is 12.1 Å². The highest BCUT2D eigenvalue weighted by molar-refractivity contribution is 5.92. The Morgan fingerprint density at radius 1 is 1.35 bits per heavy atom. The number of rotatable bonds is 9. The lowest BCUT2D eigenvalue weighted by atomic mass is 10.0. The molecule has 6 N–H and O–H groups in total. The van der Waals surface area contributed by atoms with Gasteiger partial charge < -0.3 is 26.2 Å². The predicted molar refractivity (Wildman–Crippen MR) is 110 cm³/mol. The summed E-state index contributed by atoms with van der Waals surface area (Å²) in [5.41, 5.74) is 5.87. The van der Waals surface area contributed by atoms with Gasteiger partial charge in [-0.2, -0.15) is 0 Å². The van der Waals surface area contributed by atoms with Gasteiger partial charge in [0.15, 0.2) is 12.0 Å². The fraction of sp³-hybridized carbons (Fsp3) is 0.400. The van der Waals surface area contributed by atoms with Crippen LogP contribution in [0.5, 0.6) is 0 Å². The van der Waals surface area contributed by atoms with Crippen molar-refractivity contribution in [3.05, 3.63) is 41.5 Å². The molecule has 0 spiro atoms. The van der Waals surface area contributed by atoms with Gasteiger partial charge in [0.2, 0.25) is 5.91 Å². The highest BCUT2D eigenvalue weighted by atomic mass is 16.6. The van der Waals surface area contributed by atoms with E-state index in [4.69, 9.17) is 15.9 Å². The zero-order valence-corrected chi connectivity index (χ0v) is 16.8. The molecule has 1 aromatic rings. The molecule has 1 aliphatic rings. The monoisotopic (exact) mass is 431 g/mol. The minimum absolute atomic E-state index is 0.0535. The number of carboxylic acids is 1. The summed E-state index contributed by atoms with van der Waals surface area (Å²) in [6.45, 7) is 0.293. The Hall–Kier alpha value is -3.69. The van der Waals surface area contributed by atoms with Crippen LogP contribution in [0.2, 0.25) is 0 Å². The third-order valence-corrected chi connectivity index (χ3v) is 4.71. The van der Waals surface area contributed by atoms with Crippen molar-refractivity contribution in [3.8, 4) is 0 Å². The first-order valence-corrected chi connectivity index (χ1v) is 9.66. The van der Waals surface area contributed by atoms with Gasteiger partial charge in [-0.25, -0.2) is 19.3 Å². The Morgan fingerprint density at radius 2 is 2.06 bits per heavy atom. The SMILES string of the molecule is N=C(N)N(CCC(=C=O)[C@H](NC(=O)[C@@H]1CCCN1)C(=O)O)C(=O)OCc1ccccc1. The maximum Gasteiger partial charge on any atom is 0.416 e. The first-order chi connectivity index (χ1) is 14.8. The Balaban J connectivity index is 1.99. The minimum atomic E-state index is -1.61. The average Bonchev–Trinajstić information content (AvgIpc) is 3.29. The molecule has 1 aliphatic heterocycles. The zero-order chi connectivity index (χ0) is 22.8. The Bertz CT molecular complexity index is 862. The summed E-state index contributed by atoms with van der Waals surface area (Å²) in [4.78, 5) is 48.3. The highest BCUT2D eigenvalue weighted by Gasteiger charge is 2.31. The Kier molecular flexibility index (Phi) is 8.74. The molecule has 0 bridgehead atoms. The third-order valence-electron chi connectivity index (χ3n) is 4.71. The lowest BCUT2D eigenvalue weighted by Crippen LogP contribution is -2.50. The first kappa shape index (κ1) is 23.6. The number of hydrogen-bond acceptors (Lipinski definition) is 7. The molecular formula is C20H25N5O6. The number of hydrogen-bond donors (Lipinski definition) is 5. The quantitative estimate of drug-likeness (QED) is 0.206. The number of ether oxygens (including phenoxy) is 1. The number of amides is 2. The largest absolute Gasteiger partial charge is 0.479 e. The molecule has 0 radical (unpaired) electrons. The van der Waals surface area contributed by atoms with Crippen molar-refractivity contribution in [3.63, 3.8) is 0 Å². The molecule has 166 valence electrons. The van der Waals surface area contributed by atoms with Crippen LogP contribution < -0.4 is 16.4 Å². The van der Waals surface area contributed by atoms with Gasteiger partial charge in [-0.15, -0.1) is 0 Å². The van der Waals surface area contributed by atoms with Gasteiger partial charge in [0.25, 0.3) is 0 Å². The summed E-state index contributed by atoms with van der Waals surface area (Å²) in [5.74, 6) is -1.08. The van der Waals surface area contributed by atoms with Crippen molar-refractivity contribution in [2.45, 2.75) is 38.0 Å². The van der Waals surface area contributed by atoms with Gasteiger partial charge in [-0.3, -0.25) is 10.2 Å². The van der Waals surface area contributed by atoms with E-state index in [1.54, 1.807) is 30.3 Å². The van der Waals surface area contributed by atoms with Gasteiger partial charge in [0, 0.05) is 18.5 Å². The van der Waals surface area contributed by atoms with E-state index in [0.717, 1.165) is 16.9 Å². The second-order valence-electron chi connectivity index (χ2n) is 6.88. The summed E-state index contributed by atoms with van der Waals surface area (Å²) in [6.07, 6.45) is 0.139. The summed E-state index contributed by atoms with van der Waals surface area (Å²) >= 11 is 0. The van der Waals surface area contributed by atoms with Crippen molar-refractivity contribution in [1.29, 1.82) is 5.41 Å². The first-order valence-electron chi connectivity index (χ1n) is 9.66. The molecule has 2 amide bonds. The van der Waals surface area contributed by atoms with Crippen molar-refractivity contribution in [2.24, 2.45) is 5.73 Å². The second kappa shape index (κ2) is 11.5. The van der Waals surface area contributed by atoms with Gasteiger partial charge in [0.05, 0.1) is 6.04 Å². The molecule has 0 unspecified atom stereocenters. The maximum absolute atomic E-state index is 12.3. The Labute approximate surface area is 178 Å². The molecule has 11 nitrogen and oxygen atoms in total. The molecule has 2 atom stereocenters. The fourth-order valence-electron chi connectivity index (χ4n) is 3.04. The predicted octanol–water partition coefficient (Wildman–Crippen LogP) is -0.0118. The highest BCUT2D eigenvalue weighted by Crippen LogP contribution is 2.11. The molecule has 1 saturated heterocycles. The van der Waals surface area contributed by atoms with E-state index >= 15 is 0 Å². The smallest absolute Gasteiger partial charge is 0.416 e. The molecule has 1 fully saturated rings. The molecule has 2 rings (SSSR count). The van der Waals surface area contributed by atoms with Crippen LogP contribution in [-0.4, -0.2) is 65.1 Å². The van der Waals surface area contributed by atoms with E-state index in [9.17, 15) is 24.3 Å². The number of nitrogens with zero attached hydrogens (tertiary/aromatic N) is 1. The number of benzene rings is 1. The fourth-order valence-corrected chi connectivity index (χ4v) is 3.04. The number of carboxylic acid groups (broad SMARTS) is 1. The van der Waals surface area contributed by atoms with Crippen molar-refractivity contribution in [2.75, 3.05) is 13.1 Å². The van der Waals surface area contributed by atoms with Crippen LogP contribution in [0.15, 0.2) is 35.9 Å². The van der Waals surface area contributed by atoms with Crippen LogP contribution in [0.3, 0.4) is 0 Å². The summed E-state index contributed by atoms with van der Waals surface area (Å²) in [6, 6.07) is 6.71. The number of carbonyl (C=O) groups excluding carboxylic acids is 3. The number of carbonyl (C=O) groups is 3. The molecule has 1 aromatic carbocycles. The van der Waals surface area contributed by atoms with Crippen LogP contribution in [-0.2, 0) is 25.7 Å². The van der Waals surface area contributed by atoms with Crippen molar-refractivity contribution in [1.82, 2.24) is 15.5 Å². The van der Waals surface area contributed by atoms with Crippen LogP contribution >= 0.6 is 0 Å².